The first-order chi connectivity index (χ1) is 13.7. The van der Waals surface area contributed by atoms with Crippen molar-refractivity contribution in [1.29, 1.82) is 0 Å². The second kappa shape index (κ2) is 7.89. The molecule has 0 spiro atoms. The second-order valence-corrected chi connectivity index (χ2v) is 6.26. The summed E-state index contributed by atoms with van der Waals surface area (Å²) in [7, 11) is 0. The zero-order valence-electron chi connectivity index (χ0n) is 14.6. The fourth-order valence-electron chi connectivity index (χ4n) is 2.57. The summed E-state index contributed by atoms with van der Waals surface area (Å²) in [4.78, 5) is 20.7. The van der Waals surface area contributed by atoms with E-state index in [1.165, 1.54) is 6.33 Å². The van der Waals surface area contributed by atoms with Crippen LogP contribution in [-0.4, -0.2) is 25.7 Å². The van der Waals surface area contributed by atoms with Crippen LogP contribution in [0.5, 0.6) is 0 Å². The van der Waals surface area contributed by atoms with Crippen LogP contribution < -0.4 is 10.6 Å². The molecular weight excluding hydrogens is 376 g/mol. The highest BCUT2D eigenvalue weighted by Crippen LogP contribution is 2.20. The molecule has 0 unspecified atom stereocenters. The van der Waals surface area contributed by atoms with Crippen molar-refractivity contribution >= 4 is 34.7 Å². The first-order valence-corrected chi connectivity index (χ1v) is 8.82. The first-order valence-electron chi connectivity index (χ1n) is 8.44. The van der Waals surface area contributed by atoms with E-state index in [0.29, 0.717) is 27.9 Å². The van der Waals surface area contributed by atoms with Gasteiger partial charge < -0.3 is 10.6 Å². The number of hydrogen-bond donors (Lipinski definition) is 2. The maximum atomic E-state index is 12.3. The van der Waals surface area contributed by atoms with Gasteiger partial charge in [-0.05, 0) is 42.5 Å². The predicted octanol–water partition coefficient (Wildman–Crippen LogP) is 4.31. The highest BCUT2D eigenvalue weighted by molar-refractivity contribution is 6.34. The van der Waals surface area contributed by atoms with E-state index in [-0.39, 0.29) is 5.91 Å². The van der Waals surface area contributed by atoms with Gasteiger partial charge in [-0.25, -0.2) is 14.6 Å². The molecule has 0 bridgehead atoms. The van der Waals surface area contributed by atoms with Crippen LogP contribution >= 0.6 is 11.6 Å². The Morgan fingerprint density at radius 2 is 1.75 bits per heavy atom. The smallest absolute Gasteiger partial charge is 0.257 e. The van der Waals surface area contributed by atoms with Crippen LogP contribution in [0.25, 0.3) is 5.82 Å². The monoisotopic (exact) mass is 390 g/mol. The summed E-state index contributed by atoms with van der Waals surface area (Å²) in [6.07, 6.45) is 4.96. The second-order valence-electron chi connectivity index (χ2n) is 5.85. The molecule has 0 atom stereocenters. The molecule has 2 aromatic heterocycles. The molecule has 2 aromatic carbocycles. The Morgan fingerprint density at radius 3 is 2.50 bits per heavy atom. The van der Waals surface area contributed by atoms with Crippen molar-refractivity contribution in [3.05, 3.63) is 90.0 Å². The molecule has 1 amide bonds. The normalized spacial score (nSPS) is 10.5. The molecule has 4 rings (SSSR count). The van der Waals surface area contributed by atoms with Crippen LogP contribution in [0.3, 0.4) is 0 Å². The maximum absolute atomic E-state index is 12.3. The van der Waals surface area contributed by atoms with Gasteiger partial charge in [0, 0.05) is 29.8 Å². The van der Waals surface area contributed by atoms with E-state index >= 15 is 0 Å². The lowest BCUT2D eigenvalue weighted by Gasteiger charge is -2.09. The van der Waals surface area contributed by atoms with Crippen molar-refractivity contribution in [1.82, 2.24) is 19.7 Å². The summed E-state index contributed by atoms with van der Waals surface area (Å²) in [6, 6.07) is 17.8. The number of amides is 1. The maximum Gasteiger partial charge on any atom is 0.257 e. The minimum Gasteiger partial charge on any atom is -0.340 e. The van der Waals surface area contributed by atoms with Crippen molar-refractivity contribution in [3.8, 4) is 5.82 Å². The number of nitrogens with zero attached hydrogens (tertiary/aromatic N) is 4. The summed E-state index contributed by atoms with van der Waals surface area (Å²) in [5, 5.41) is 10.6. The molecule has 0 saturated heterocycles. The number of halogens is 1. The zero-order chi connectivity index (χ0) is 19.3. The lowest BCUT2D eigenvalue weighted by molar-refractivity contribution is 0.102. The number of benzene rings is 2. The van der Waals surface area contributed by atoms with Gasteiger partial charge in [0.25, 0.3) is 5.91 Å². The Bertz CT molecular complexity index is 1100. The van der Waals surface area contributed by atoms with Gasteiger partial charge in [-0.1, -0.05) is 23.7 Å². The van der Waals surface area contributed by atoms with Gasteiger partial charge in [-0.2, -0.15) is 5.10 Å². The third kappa shape index (κ3) is 3.99. The van der Waals surface area contributed by atoms with Crippen molar-refractivity contribution in [2.75, 3.05) is 10.6 Å². The highest BCUT2D eigenvalue weighted by atomic mass is 35.5. The summed E-state index contributed by atoms with van der Waals surface area (Å²) >= 11 is 6.06. The van der Waals surface area contributed by atoms with Crippen molar-refractivity contribution in [2.45, 2.75) is 0 Å². The number of anilines is 3. The van der Waals surface area contributed by atoms with Gasteiger partial charge in [0.05, 0.1) is 10.6 Å². The zero-order valence-corrected chi connectivity index (χ0v) is 15.3. The molecule has 28 heavy (non-hydrogen) atoms. The van der Waals surface area contributed by atoms with E-state index in [1.807, 2.05) is 24.4 Å². The van der Waals surface area contributed by atoms with Crippen LogP contribution in [-0.2, 0) is 0 Å². The predicted molar refractivity (Wildman–Crippen MR) is 108 cm³/mol. The van der Waals surface area contributed by atoms with Crippen molar-refractivity contribution in [2.24, 2.45) is 0 Å². The van der Waals surface area contributed by atoms with E-state index in [4.69, 9.17) is 11.6 Å². The Kier molecular flexibility index (Phi) is 4.99. The van der Waals surface area contributed by atoms with E-state index in [2.05, 4.69) is 25.7 Å². The van der Waals surface area contributed by atoms with Gasteiger partial charge >= 0.3 is 0 Å². The minimum atomic E-state index is -0.258. The topological polar surface area (TPSA) is 84.7 Å². The molecule has 0 fully saturated rings. The average molecular weight is 391 g/mol. The molecule has 0 aliphatic carbocycles. The molecule has 4 aromatic rings. The van der Waals surface area contributed by atoms with Crippen LogP contribution in [0.15, 0.2) is 79.4 Å². The van der Waals surface area contributed by atoms with E-state index in [1.54, 1.807) is 53.3 Å². The largest absolute Gasteiger partial charge is 0.340 e. The third-order valence-corrected chi connectivity index (χ3v) is 4.26. The lowest BCUT2D eigenvalue weighted by atomic mass is 10.2. The molecule has 2 heterocycles. The number of hydrogen-bond acceptors (Lipinski definition) is 5. The molecule has 7 nitrogen and oxygen atoms in total. The quantitative estimate of drug-likeness (QED) is 0.530. The van der Waals surface area contributed by atoms with Crippen LogP contribution in [0.4, 0.5) is 17.2 Å². The minimum absolute atomic E-state index is 0.258. The molecule has 0 aliphatic heterocycles. The molecule has 138 valence electrons. The third-order valence-electron chi connectivity index (χ3n) is 3.93. The van der Waals surface area contributed by atoms with Gasteiger partial charge in [-0.3, -0.25) is 4.79 Å². The lowest BCUT2D eigenvalue weighted by Crippen LogP contribution is -2.12. The molecular formula is C20H15ClN6O. The van der Waals surface area contributed by atoms with Crippen LogP contribution in [0, 0.1) is 0 Å². The first kappa shape index (κ1) is 17.7. The van der Waals surface area contributed by atoms with E-state index in [9.17, 15) is 4.79 Å². The Balaban J connectivity index is 1.45. The summed E-state index contributed by atoms with van der Waals surface area (Å²) in [6.45, 7) is 0. The Hall–Kier alpha value is -3.71. The Morgan fingerprint density at radius 1 is 0.964 bits per heavy atom. The van der Waals surface area contributed by atoms with Crippen LogP contribution in [0.2, 0.25) is 5.02 Å². The van der Waals surface area contributed by atoms with Gasteiger partial charge in [0.2, 0.25) is 0 Å². The highest BCUT2D eigenvalue weighted by Gasteiger charge is 2.09. The number of rotatable bonds is 5. The van der Waals surface area contributed by atoms with Gasteiger partial charge in [0.15, 0.2) is 5.82 Å². The van der Waals surface area contributed by atoms with Crippen molar-refractivity contribution in [3.63, 3.8) is 0 Å². The molecule has 0 aliphatic rings. The summed E-state index contributed by atoms with van der Waals surface area (Å²) < 4.78 is 1.65. The van der Waals surface area contributed by atoms with Crippen molar-refractivity contribution < 1.29 is 4.79 Å². The Labute approximate surface area is 166 Å². The number of nitrogens with one attached hydrogen (secondary N) is 2. The average Bonchev–Trinajstić information content (AvgIpc) is 3.25. The van der Waals surface area contributed by atoms with Crippen LogP contribution in [0.1, 0.15) is 10.4 Å². The molecule has 8 heteroatoms. The number of carbonyl (C=O) groups is 1. The number of carbonyl (C=O) groups excluding carboxylic acids is 1. The SMILES string of the molecule is O=C(Nc1ccc(Nc2cc(-n3cccn3)ncn2)cc1)c1ccccc1Cl. The molecule has 0 radical (unpaired) electrons. The van der Waals surface area contributed by atoms with E-state index in [0.717, 1.165) is 5.69 Å². The summed E-state index contributed by atoms with van der Waals surface area (Å²) in [5.41, 5.74) is 1.91. The molecule has 0 saturated carbocycles. The van der Waals surface area contributed by atoms with Gasteiger partial charge in [-0.15, -0.1) is 0 Å². The number of aromatic nitrogens is 4. The standard InChI is InChI=1S/C20H15ClN6O/c21-17-5-2-1-4-16(17)20(28)26-15-8-6-14(7-9-15)25-18-12-19(23-13-22-18)27-11-3-10-24-27/h1-13H,(H,26,28)(H,22,23,25). The fourth-order valence-corrected chi connectivity index (χ4v) is 2.80. The van der Waals surface area contributed by atoms with Gasteiger partial charge in [0.1, 0.15) is 12.1 Å². The summed E-state index contributed by atoms with van der Waals surface area (Å²) in [5.74, 6) is 1.03. The fraction of sp³-hybridized carbons (Fsp3) is 0. The van der Waals surface area contributed by atoms with E-state index < -0.39 is 0 Å². The molecule has 2 N–H and O–H groups in total.